The van der Waals surface area contributed by atoms with Crippen molar-refractivity contribution in [3.8, 4) is 0 Å². The first kappa shape index (κ1) is 7.75. The molecule has 1 aromatic heterocycles. The average Bonchev–Trinajstić information content (AvgIpc) is 2.31. The quantitative estimate of drug-likeness (QED) is 0.791. The van der Waals surface area contributed by atoms with Gasteiger partial charge < -0.3 is 9.88 Å². The van der Waals surface area contributed by atoms with Gasteiger partial charge in [0.05, 0.1) is 6.33 Å². The number of likely N-dealkylation sites (N-methyl/N-ethyl adjacent to an activating group) is 1. The lowest BCUT2D eigenvalue weighted by Crippen LogP contribution is -2.13. The molecule has 10 heavy (non-hydrogen) atoms. The fourth-order valence-electron chi connectivity index (χ4n) is 0.696. The lowest BCUT2D eigenvalue weighted by atomic mass is 10.6. The van der Waals surface area contributed by atoms with Crippen LogP contribution in [0.5, 0.6) is 0 Å². The highest BCUT2D eigenvalue weighted by Gasteiger charge is 1.91. The summed E-state index contributed by atoms with van der Waals surface area (Å²) in [4.78, 5) is 4.02. The molecule has 56 valence electrons. The molecule has 0 saturated heterocycles. The number of hydrogen-bond acceptors (Lipinski definition) is 2. The van der Waals surface area contributed by atoms with Crippen molar-refractivity contribution in [1.29, 1.82) is 0 Å². The predicted molar refractivity (Wildman–Crippen MR) is 43.9 cm³/mol. The summed E-state index contributed by atoms with van der Waals surface area (Å²) in [5.41, 5.74) is 0. The monoisotopic (exact) mass is 203 g/mol. The van der Waals surface area contributed by atoms with E-state index in [0.717, 1.165) is 17.7 Å². The molecule has 1 aromatic rings. The lowest BCUT2D eigenvalue weighted by molar-refractivity contribution is 0.644. The Balaban J connectivity index is 2.42. The van der Waals surface area contributed by atoms with Gasteiger partial charge in [0, 0.05) is 19.3 Å². The summed E-state index contributed by atoms with van der Waals surface area (Å²) >= 11 is 3.27. The van der Waals surface area contributed by atoms with Crippen LogP contribution < -0.4 is 5.32 Å². The third-order valence-corrected chi connectivity index (χ3v) is 1.63. The normalized spacial score (nSPS) is 10.2. The molecule has 0 bridgehead atoms. The molecular formula is C6H10BrN3. The van der Waals surface area contributed by atoms with E-state index in [2.05, 4.69) is 26.2 Å². The Labute approximate surface area is 68.6 Å². The number of nitrogens with zero attached hydrogens (tertiary/aromatic N) is 2. The molecule has 0 aliphatic carbocycles. The highest BCUT2D eigenvalue weighted by Crippen LogP contribution is 2.03. The van der Waals surface area contributed by atoms with Gasteiger partial charge in [-0.25, -0.2) is 4.98 Å². The number of hydrogen-bond donors (Lipinski definition) is 1. The van der Waals surface area contributed by atoms with Crippen LogP contribution in [-0.2, 0) is 6.54 Å². The summed E-state index contributed by atoms with van der Waals surface area (Å²) in [5, 5.41) is 3.06. The van der Waals surface area contributed by atoms with Gasteiger partial charge in [-0.3, -0.25) is 0 Å². The maximum absolute atomic E-state index is 4.02. The van der Waals surface area contributed by atoms with Gasteiger partial charge in [0.25, 0.3) is 0 Å². The molecule has 0 aliphatic rings. The Bertz CT molecular complexity index is 197. The minimum absolute atomic E-state index is 0.892. The zero-order valence-electron chi connectivity index (χ0n) is 5.84. The SMILES string of the molecule is CNCCn1cnc(Br)c1. The van der Waals surface area contributed by atoms with E-state index in [4.69, 9.17) is 0 Å². The highest BCUT2D eigenvalue weighted by molar-refractivity contribution is 9.10. The van der Waals surface area contributed by atoms with Gasteiger partial charge in [0.2, 0.25) is 0 Å². The van der Waals surface area contributed by atoms with Crippen molar-refractivity contribution in [2.45, 2.75) is 6.54 Å². The molecule has 0 atom stereocenters. The molecule has 0 aliphatic heterocycles. The van der Waals surface area contributed by atoms with Crippen LogP contribution in [0.25, 0.3) is 0 Å². The number of nitrogens with one attached hydrogen (secondary N) is 1. The number of imidazole rings is 1. The van der Waals surface area contributed by atoms with Gasteiger partial charge in [-0.2, -0.15) is 0 Å². The van der Waals surface area contributed by atoms with E-state index in [1.165, 1.54) is 0 Å². The molecule has 1 N–H and O–H groups in total. The second-order valence-corrected chi connectivity index (χ2v) is 2.85. The molecule has 0 spiro atoms. The van der Waals surface area contributed by atoms with Crippen molar-refractivity contribution >= 4 is 15.9 Å². The molecule has 1 rings (SSSR count). The zero-order chi connectivity index (χ0) is 7.40. The van der Waals surface area contributed by atoms with Crippen LogP contribution in [0.2, 0.25) is 0 Å². The summed E-state index contributed by atoms with van der Waals surface area (Å²) in [5.74, 6) is 0. The molecule has 4 heteroatoms. The Morgan fingerprint density at radius 2 is 2.60 bits per heavy atom. The molecule has 0 saturated carbocycles. The molecule has 0 amide bonds. The van der Waals surface area contributed by atoms with Gasteiger partial charge >= 0.3 is 0 Å². The maximum Gasteiger partial charge on any atom is 0.124 e. The Hall–Kier alpha value is -0.350. The molecule has 0 fully saturated rings. The van der Waals surface area contributed by atoms with E-state index in [9.17, 15) is 0 Å². The van der Waals surface area contributed by atoms with Crippen LogP contribution in [0.1, 0.15) is 0 Å². The summed E-state index contributed by atoms with van der Waals surface area (Å²) in [6.45, 7) is 1.94. The van der Waals surface area contributed by atoms with Crippen LogP contribution in [0, 0.1) is 0 Å². The standard InChI is InChI=1S/C6H10BrN3/c1-8-2-3-10-4-6(7)9-5-10/h4-5,8H,2-3H2,1H3. The average molecular weight is 204 g/mol. The third-order valence-electron chi connectivity index (χ3n) is 1.22. The first-order valence-electron chi connectivity index (χ1n) is 3.15. The van der Waals surface area contributed by atoms with E-state index < -0.39 is 0 Å². The summed E-state index contributed by atoms with van der Waals surface area (Å²) in [6, 6.07) is 0. The Morgan fingerprint density at radius 1 is 1.80 bits per heavy atom. The van der Waals surface area contributed by atoms with Gasteiger partial charge in [0.1, 0.15) is 4.60 Å². The molecule has 0 aromatic carbocycles. The molecular weight excluding hydrogens is 194 g/mol. The minimum Gasteiger partial charge on any atom is -0.335 e. The maximum atomic E-state index is 4.02. The largest absolute Gasteiger partial charge is 0.335 e. The van der Waals surface area contributed by atoms with E-state index in [1.807, 2.05) is 17.8 Å². The van der Waals surface area contributed by atoms with Crippen LogP contribution in [0.4, 0.5) is 0 Å². The summed E-state index contributed by atoms with van der Waals surface area (Å²) in [6.07, 6.45) is 3.76. The predicted octanol–water partition coefficient (Wildman–Crippen LogP) is 0.865. The van der Waals surface area contributed by atoms with Crippen molar-refractivity contribution in [3.63, 3.8) is 0 Å². The van der Waals surface area contributed by atoms with Gasteiger partial charge in [0.15, 0.2) is 0 Å². The summed E-state index contributed by atoms with van der Waals surface area (Å²) < 4.78 is 2.92. The fraction of sp³-hybridized carbons (Fsp3) is 0.500. The minimum atomic E-state index is 0.892. The van der Waals surface area contributed by atoms with Crippen molar-refractivity contribution in [2.24, 2.45) is 0 Å². The van der Waals surface area contributed by atoms with Crippen molar-refractivity contribution < 1.29 is 0 Å². The topological polar surface area (TPSA) is 29.9 Å². The number of halogens is 1. The first-order valence-corrected chi connectivity index (χ1v) is 3.94. The molecule has 0 unspecified atom stereocenters. The van der Waals surface area contributed by atoms with E-state index in [-0.39, 0.29) is 0 Å². The van der Waals surface area contributed by atoms with Crippen molar-refractivity contribution in [1.82, 2.24) is 14.9 Å². The second-order valence-electron chi connectivity index (χ2n) is 2.04. The van der Waals surface area contributed by atoms with E-state index in [0.29, 0.717) is 0 Å². The van der Waals surface area contributed by atoms with Crippen LogP contribution in [0.15, 0.2) is 17.1 Å². The van der Waals surface area contributed by atoms with E-state index >= 15 is 0 Å². The fourth-order valence-corrected chi connectivity index (χ4v) is 1.05. The van der Waals surface area contributed by atoms with Gasteiger partial charge in [-0.05, 0) is 23.0 Å². The molecule has 1 heterocycles. The second kappa shape index (κ2) is 3.73. The smallest absolute Gasteiger partial charge is 0.124 e. The molecule has 3 nitrogen and oxygen atoms in total. The van der Waals surface area contributed by atoms with Crippen molar-refractivity contribution in [3.05, 3.63) is 17.1 Å². The summed E-state index contributed by atoms with van der Waals surface area (Å²) in [7, 11) is 1.94. The van der Waals surface area contributed by atoms with Crippen LogP contribution in [0.3, 0.4) is 0 Å². The van der Waals surface area contributed by atoms with Crippen LogP contribution >= 0.6 is 15.9 Å². The Morgan fingerprint density at radius 3 is 3.10 bits per heavy atom. The van der Waals surface area contributed by atoms with Gasteiger partial charge in [-0.1, -0.05) is 0 Å². The Kier molecular flexibility index (Phi) is 2.89. The van der Waals surface area contributed by atoms with E-state index in [1.54, 1.807) is 6.33 Å². The lowest BCUT2D eigenvalue weighted by Gasteiger charge is -1.98. The number of aromatic nitrogens is 2. The third kappa shape index (κ3) is 2.11. The number of rotatable bonds is 3. The van der Waals surface area contributed by atoms with Crippen molar-refractivity contribution in [2.75, 3.05) is 13.6 Å². The van der Waals surface area contributed by atoms with Crippen LogP contribution in [-0.4, -0.2) is 23.1 Å². The molecule has 0 radical (unpaired) electrons. The first-order chi connectivity index (χ1) is 4.83. The van der Waals surface area contributed by atoms with Gasteiger partial charge in [-0.15, -0.1) is 0 Å². The highest BCUT2D eigenvalue weighted by atomic mass is 79.9. The zero-order valence-corrected chi connectivity index (χ0v) is 7.43.